The molecule has 20 nitrogen and oxygen atoms in total. The largest absolute Gasteiger partial charge is 0.477 e. The lowest BCUT2D eigenvalue weighted by Crippen LogP contribution is -2.17. The Bertz CT molecular complexity index is 2950. The van der Waals surface area contributed by atoms with Crippen molar-refractivity contribution in [1.82, 2.24) is 68.6 Å². The van der Waals surface area contributed by atoms with E-state index in [4.69, 9.17) is 9.47 Å². The highest BCUT2D eigenvalue weighted by Crippen LogP contribution is 2.28. The number of amides is 2. The van der Waals surface area contributed by atoms with Crippen LogP contribution >= 0.6 is 0 Å². The second-order valence-electron chi connectivity index (χ2n) is 15.4. The summed E-state index contributed by atoms with van der Waals surface area (Å²) in [4.78, 5) is 52.8. The van der Waals surface area contributed by atoms with Crippen LogP contribution in [0.3, 0.4) is 0 Å². The number of carbonyl (C=O) groups is 2. The Labute approximate surface area is 366 Å². The Balaban J connectivity index is 0.000000162. The Hall–Kier alpha value is -8.16. The lowest BCUT2D eigenvalue weighted by atomic mass is 10.1. The number of rotatable bonds is 2. The predicted octanol–water partition coefficient (Wildman–Crippen LogP) is 6.43. The van der Waals surface area contributed by atoms with Gasteiger partial charge in [-0.3, -0.25) is 9.59 Å². The molecule has 8 aromatic heterocycles. The van der Waals surface area contributed by atoms with Gasteiger partial charge in [0.2, 0.25) is 11.8 Å². The van der Waals surface area contributed by atoms with Crippen molar-refractivity contribution >= 4 is 23.5 Å². The molecule has 2 N–H and O–H groups in total. The highest BCUT2D eigenvalue weighted by atomic mass is 16.5. The molecule has 0 aliphatic carbocycles. The monoisotopic (exact) mass is 860 g/mol. The summed E-state index contributed by atoms with van der Waals surface area (Å²) >= 11 is 0. The molecule has 0 aromatic carbocycles. The van der Waals surface area contributed by atoms with Crippen LogP contribution in [0.2, 0.25) is 0 Å². The molecule has 2 atom stereocenters. The van der Waals surface area contributed by atoms with Crippen LogP contribution in [-0.2, 0) is 0 Å². The van der Waals surface area contributed by atoms with Gasteiger partial charge >= 0.3 is 0 Å². The number of imidazole rings is 2. The first-order chi connectivity index (χ1) is 31.2. The summed E-state index contributed by atoms with van der Waals surface area (Å²) in [5.74, 6) is 1.98. The maximum Gasteiger partial charge on any atom is 0.262 e. The Morgan fingerprint density at radius 3 is 1.72 bits per heavy atom. The topological polar surface area (TPSA) is 225 Å². The molecule has 20 heteroatoms. The number of aryl methyl sites for hydroxylation is 2. The van der Waals surface area contributed by atoms with Crippen molar-refractivity contribution in [2.45, 2.75) is 65.5 Å². The number of carbonyl (C=O) groups excluding carboxylic acids is 2. The first-order valence-corrected chi connectivity index (χ1v) is 20.8. The number of aromatic nitrogens is 14. The van der Waals surface area contributed by atoms with E-state index in [1.807, 2.05) is 62.6 Å². The molecule has 0 unspecified atom stereocenters. The summed E-state index contributed by atoms with van der Waals surface area (Å²) in [6, 6.07) is 14.6. The van der Waals surface area contributed by atoms with Gasteiger partial charge < -0.3 is 38.4 Å². The molecule has 0 spiro atoms. The van der Waals surface area contributed by atoms with Gasteiger partial charge in [-0.2, -0.15) is 0 Å². The molecule has 2 aliphatic heterocycles. The standard InChI is InChI=1S/2C22H22N8O2/c1-14-11-29(12-24-14)16-9-17-21(31)27-19-7-3-6-18(26-19)20-28-25-13-30(20)15(2)5-4-8-32-22(17)23-10-16;1-14-5-4-8-32-22-17(9-16(11-24-22)29-12-23-10-15(29)2)21(31)27-19-7-3-6-18(26-19)20-28-25-13-30(14)20/h3,6-7,9-13,15H,4-5,8H2,1-2H3,(H,26,27,31);3,6-7,9-14H,4-5,8H2,1-2H3,(H,26,27,31)/t15-;14-/m00/s1. The van der Waals surface area contributed by atoms with E-state index in [2.05, 4.69) is 74.8 Å². The molecule has 8 aromatic rings. The first kappa shape index (κ1) is 41.2. The quantitative estimate of drug-likeness (QED) is 0.191. The van der Waals surface area contributed by atoms with E-state index in [0.29, 0.717) is 64.7 Å². The molecule has 10 heterocycles. The maximum absolute atomic E-state index is 13.2. The summed E-state index contributed by atoms with van der Waals surface area (Å²) in [5.41, 5.74) is 5.18. The molecule has 0 saturated carbocycles. The minimum Gasteiger partial charge on any atom is -0.477 e. The van der Waals surface area contributed by atoms with Gasteiger partial charge in [0, 0.05) is 30.2 Å². The molecule has 10 rings (SSSR count). The number of fused-ring (bicyclic) bond motifs is 10. The van der Waals surface area contributed by atoms with Gasteiger partial charge in [0.1, 0.15) is 46.8 Å². The fourth-order valence-corrected chi connectivity index (χ4v) is 7.40. The van der Waals surface area contributed by atoms with Gasteiger partial charge in [-0.1, -0.05) is 12.1 Å². The van der Waals surface area contributed by atoms with Gasteiger partial charge in [-0.05, 0) is 89.8 Å². The van der Waals surface area contributed by atoms with Crippen molar-refractivity contribution in [3.05, 3.63) is 121 Å². The van der Waals surface area contributed by atoms with Gasteiger partial charge in [-0.15, -0.1) is 20.4 Å². The van der Waals surface area contributed by atoms with Crippen LogP contribution < -0.4 is 20.1 Å². The smallest absolute Gasteiger partial charge is 0.262 e. The van der Waals surface area contributed by atoms with Crippen molar-refractivity contribution in [3.63, 3.8) is 0 Å². The summed E-state index contributed by atoms with van der Waals surface area (Å²) < 4.78 is 19.5. The van der Waals surface area contributed by atoms with Crippen LogP contribution in [0.4, 0.5) is 11.6 Å². The summed E-state index contributed by atoms with van der Waals surface area (Å²) in [6.07, 6.45) is 17.0. The Morgan fingerprint density at radius 2 is 1.20 bits per heavy atom. The summed E-state index contributed by atoms with van der Waals surface area (Å²) in [6.45, 7) is 8.92. The fraction of sp³-hybridized carbons (Fsp3) is 0.273. The van der Waals surface area contributed by atoms with Crippen molar-refractivity contribution in [2.24, 2.45) is 0 Å². The Morgan fingerprint density at radius 1 is 0.656 bits per heavy atom. The molecule has 324 valence electrons. The zero-order chi connectivity index (χ0) is 44.2. The third kappa shape index (κ3) is 8.78. The minimum absolute atomic E-state index is 0.158. The number of anilines is 2. The number of nitrogens with one attached hydrogen (secondary N) is 2. The van der Waals surface area contributed by atoms with Crippen molar-refractivity contribution in [3.8, 4) is 46.2 Å². The van der Waals surface area contributed by atoms with E-state index in [1.54, 1.807) is 68.2 Å². The van der Waals surface area contributed by atoms with Gasteiger partial charge in [-0.25, -0.2) is 29.9 Å². The number of ether oxygens (including phenoxy) is 2. The fourth-order valence-electron chi connectivity index (χ4n) is 7.40. The van der Waals surface area contributed by atoms with Crippen LogP contribution in [0.1, 0.15) is 83.7 Å². The summed E-state index contributed by atoms with van der Waals surface area (Å²) in [7, 11) is 0. The molecule has 2 amide bonds. The maximum atomic E-state index is 13.2. The lowest BCUT2D eigenvalue weighted by molar-refractivity contribution is 0.101. The van der Waals surface area contributed by atoms with Gasteiger partial charge in [0.15, 0.2) is 11.6 Å². The molecule has 0 saturated heterocycles. The van der Waals surface area contributed by atoms with E-state index in [9.17, 15) is 9.59 Å². The number of nitrogens with zero attached hydrogens (tertiary/aromatic N) is 14. The number of pyridine rings is 4. The van der Waals surface area contributed by atoms with Crippen LogP contribution in [0.25, 0.3) is 34.4 Å². The van der Waals surface area contributed by atoms with Crippen molar-refractivity contribution in [1.29, 1.82) is 0 Å². The number of hydrogen-bond donors (Lipinski definition) is 2. The van der Waals surface area contributed by atoms with Crippen LogP contribution in [-0.4, -0.2) is 93.6 Å². The molecular weight excluding hydrogens is 817 g/mol. The molecule has 0 radical (unpaired) electrons. The zero-order valence-electron chi connectivity index (χ0n) is 35.5. The summed E-state index contributed by atoms with van der Waals surface area (Å²) in [5, 5.41) is 22.3. The van der Waals surface area contributed by atoms with Gasteiger partial charge in [0.05, 0.1) is 55.3 Å². The van der Waals surface area contributed by atoms with Crippen molar-refractivity contribution in [2.75, 3.05) is 23.8 Å². The van der Waals surface area contributed by atoms with E-state index >= 15 is 0 Å². The average Bonchev–Trinajstić information content (AvgIpc) is 4.15. The molecule has 4 bridgehead atoms. The highest BCUT2D eigenvalue weighted by molar-refractivity contribution is 6.06. The first-order valence-electron chi connectivity index (χ1n) is 20.8. The normalized spacial score (nSPS) is 16.3. The third-order valence-electron chi connectivity index (χ3n) is 10.8. The predicted molar refractivity (Wildman–Crippen MR) is 233 cm³/mol. The second-order valence-corrected chi connectivity index (χ2v) is 15.4. The van der Waals surface area contributed by atoms with Crippen LogP contribution in [0, 0.1) is 13.8 Å². The lowest BCUT2D eigenvalue weighted by Gasteiger charge is -2.17. The number of hydrogen-bond acceptors (Lipinski definition) is 14. The van der Waals surface area contributed by atoms with Crippen LogP contribution in [0.15, 0.2) is 98.6 Å². The van der Waals surface area contributed by atoms with Crippen LogP contribution in [0.5, 0.6) is 11.8 Å². The third-order valence-corrected chi connectivity index (χ3v) is 10.8. The Kier molecular flexibility index (Phi) is 11.6. The molecule has 64 heavy (non-hydrogen) atoms. The molecule has 2 aliphatic rings. The van der Waals surface area contributed by atoms with E-state index in [1.165, 1.54) is 0 Å². The second kappa shape index (κ2) is 18.1. The highest BCUT2D eigenvalue weighted by Gasteiger charge is 2.22. The zero-order valence-corrected chi connectivity index (χ0v) is 35.5. The minimum atomic E-state index is -0.359. The van der Waals surface area contributed by atoms with E-state index in [0.717, 1.165) is 42.8 Å². The SMILES string of the molecule is Cc1cn(-c2cnc3c(c2)C(=O)Nc2cccc(n2)-c2nncn2[C@@H](C)CCCO3)cn1.Cc1cncn1-c1cnc2c(c1)C(=O)Nc1cccc(n1)-c1nncn1[C@@H](C)CCCO2. The van der Waals surface area contributed by atoms with Crippen molar-refractivity contribution < 1.29 is 19.1 Å². The molecule has 0 fully saturated rings. The average molecular weight is 861 g/mol. The van der Waals surface area contributed by atoms with E-state index < -0.39 is 0 Å². The van der Waals surface area contributed by atoms with Gasteiger partial charge in [0.25, 0.3) is 11.8 Å². The molecular formula is C44H44N16O4. The van der Waals surface area contributed by atoms with E-state index in [-0.39, 0.29) is 35.7 Å².